The van der Waals surface area contributed by atoms with E-state index in [0.717, 1.165) is 16.8 Å². The molecular formula is C24H24N2O2S. The minimum Gasteiger partial charge on any atom is -0.465 e. The van der Waals surface area contributed by atoms with Gasteiger partial charge in [-0.1, -0.05) is 60.2 Å². The summed E-state index contributed by atoms with van der Waals surface area (Å²) < 4.78 is 4.78. The van der Waals surface area contributed by atoms with E-state index in [1.54, 1.807) is 18.2 Å². The summed E-state index contributed by atoms with van der Waals surface area (Å²) in [5.74, 6) is -0.384. The molecule has 0 bridgehead atoms. The number of methoxy groups -OCH3 is 1. The van der Waals surface area contributed by atoms with Gasteiger partial charge in [0.2, 0.25) is 0 Å². The fourth-order valence-electron chi connectivity index (χ4n) is 3.28. The molecule has 4 nitrogen and oxygen atoms in total. The molecule has 1 atom stereocenters. The molecule has 0 radical (unpaired) electrons. The Kier molecular flexibility index (Phi) is 6.62. The second kappa shape index (κ2) is 9.34. The molecule has 0 saturated heterocycles. The van der Waals surface area contributed by atoms with Crippen molar-refractivity contribution in [3.63, 3.8) is 0 Å². The molecule has 3 rings (SSSR count). The fourth-order valence-corrected chi connectivity index (χ4v) is 3.51. The lowest BCUT2D eigenvalue weighted by Gasteiger charge is -2.24. The molecule has 0 aliphatic rings. The topological polar surface area (TPSA) is 50.4 Å². The summed E-state index contributed by atoms with van der Waals surface area (Å²) >= 11 is 5.58. The number of anilines is 1. The van der Waals surface area contributed by atoms with Crippen LogP contribution >= 0.6 is 12.2 Å². The molecule has 148 valence electrons. The van der Waals surface area contributed by atoms with E-state index >= 15 is 0 Å². The third-order valence-electron chi connectivity index (χ3n) is 4.69. The maximum absolute atomic E-state index is 11.8. The molecule has 3 aromatic rings. The van der Waals surface area contributed by atoms with E-state index < -0.39 is 0 Å². The molecule has 3 aromatic carbocycles. The van der Waals surface area contributed by atoms with E-state index in [-0.39, 0.29) is 12.0 Å². The van der Waals surface area contributed by atoms with Gasteiger partial charge in [0, 0.05) is 5.69 Å². The van der Waals surface area contributed by atoms with Crippen molar-refractivity contribution in [2.75, 3.05) is 12.4 Å². The van der Waals surface area contributed by atoms with E-state index in [9.17, 15) is 4.79 Å². The molecule has 0 unspecified atom stereocenters. The van der Waals surface area contributed by atoms with Gasteiger partial charge in [-0.05, 0) is 61.0 Å². The first kappa shape index (κ1) is 20.6. The van der Waals surface area contributed by atoms with Crippen molar-refractivity contribution in [1.82, 2.24) is 5.32 Å². The predicted octanol–water partition coefficient (Wildman–Crippen LogP) is 5.17. The average Bonchev–Trinajstić information content (AvgIpc) is 2.72. The number of benzene rings is 3. The summed E-state index contributed by atoms with van der Waals surface area (Å²) in [6.07, 6.45) is 0. The lowest BCUT2D eigenvalue weighted by Crippen LogP contribution is -2.33. The van der Waals surface area contributed by atoms with Crippen LogP contribution in [0.15, 0.2) is 72.8 Å². The van der Waals surface area contributed by atoms with Crippen molar-refractivity contribution in [2.24, 2.45) is 0 Å². The van der Waals surface area contributed by atoms with E-state index in [1.165, 1.54) is 18.2 Å². The van der Waals surface area contributed by atoms with Crippen LogP contribution in [0.2, 0.25) is 0 Å². The highest BCUT2D eigenvalue weighted by Gasteiger charge is 2.17. The van der Waals surface area contributed by atoms with Gasteiger partial charge in [-0.2, -0.15) is 0 Å². The number of carbonyl (C=O) groups excluding carboxylic acids is 1. The summed E-state index contributed by atoms with van der Waals surface area (Å²) in [6, 6.07) is 23.6. The molecule has 0 amide bonds. The number of rotatable bonds is 5. The number of thiocarbonyl (C=S) groups is 1. The van der Waals surface area contributed by atoms with Gasteiger partial charge >= 0.3 is 5.97 Å². The molecular weight excluding hydrogens is 380 g/mol. The first-order valence-corrected chi connectivity index (χ1v) is 9.76. The molecule has 2 N–H and O–H groups in total. The lowest BCUT2D eigenvalue weighted by molar-refractivity contribution is 0.0601. The largest absolute Gasteiger partial charge is 0.465 e. The van der Waals surface area contributed by atoms with Gasteiger partial charge in [0.15, 0.2) is 5.11 Å². The molecule has 5 heteroatoms. The Morgan fingerprint density at radius 2 is 1.72 bits per heavy atom. The summed E-state index contributed by atoms with van der Waals surface area (Å²) in [4.78, 5) is 11.8. The zero-order valence-corrected chi connectivity index (χ0v) is 17.5. The molecule has 0 aliphatic heterocycles. The number of nitrogens with one attached hydrogen (secondary N) is 2. The van der Waals surface area contributed by atoms with Crippen molar-refractivity contribution in [1.29, 1.82) is 0 Å². The number of hydrogen-bond donors (Lipinski definition) is 2. The Morgan fingerprint density at radius 1 is 0.966 bits per heavy atom. The van der Waals surface area contributed by atoms with Gasteiger partial charge in [-0.3, -0.25) is 0 Å². The molecule has 0 aliphatic carbocycles. The van der Waals surface area contributed by atoms with Gasteiger partial charge in [0.05, 0.1) is 18.7 Å². The normalized spacial score (nSPS) is 11.4. The van der Waals surface area contributed by atoms with Crippen LogP contribution in [-0.2, 0) is 4.74 Å². The molecule has 0 heterocycles. The molecule has 29 heavy (non-hydrogen) atoms. The maximum atomic E-state index is 11.8. The minimum absolute atomic E-state index is 0.0967. The van der Waals surface area contributed by atoms with Crippen molar-refractivity contribution in [2.45, 2.75) is 19.9 Å². The molecule has 0 saturated carbocycles. The predicted molar refractivity (Wildman–Crippen MR) is 121 cm³/mol. The molecule has 0 fully saturated rings. The third kappa shape index (κ3) is 5.21. The first-order valence-electron chi connectivity index (χ1n) is 9.36. The Labute approximate surface area is 176 Å². The highest BCUT2D eigenvalue weighted by Crippen LogP contribution is 2.26. The minimum atomic E-state index is -0.384. The van der Waals surface area contributed by atoms with E-state index in [4.69, 9.17) is 17.0 Å². The van der Waals surface area contributed by atoms with Gasteiger partial charge in [-0.25, -0.2) is 4.79 Å². The Bertz CT molecular complexity index is 1020. The summed E-state index contributed by atoms with van der Waals surface area (Å²) in [7, 11) is 1.36. The standard InChI is InChI=1S/C24H24N2O2S/c1-16-12-13-21(17(2)14-16)22(18-8-5-4-6-9-18)26-24(29)25-20-11-7-10-19(15-20)23(27)28-3/h4-15,22H,1-3H3,(H2,25,26,29)/t22-/m1/s1. The van der Waals surface area contributed by atoms with Crippen LogP contribution in [0.1, 0.15) is 38.7 Å². The van der Waals surface area contributed by atoms with Gasteiger partial charge in [0.1, 0.15) is 0 Å². The first-order chi connectivity index (χ1) is 14.0. The third-order valence-corrected chi connectivity index (χ3v) is 4.91. The lowest BCUT2D eigenvalue weighted by atomic mass is 9.94. The fraction of sp³-hybridized carbons (Fsp3) is 0.167. The van der Waals surface area contributed by atoms with Crippen molar-refractivity contribution in [3.05, 3.63) is 101 Å². The van der Waals surface area contributed by atoms with Gasteiger partial charge in [0.25, 0.3) is 0 Å². The van der Waals surface area contributed by atoms with Crippen LogP contribution in [0.4, 0.5) is 5.69 Å². The molecule has 0 spiro atoms. The maximum Gasteiger partial charge on any atom is 0.337 e. The van der Waals surface area contributed by atoms with E-state index in [0.29, 0.717) is 10.7 Å². The Hall–Kier alpha value is -3.18. The summed E-state index contributed by atoms with van der Waals surface area (Å²) in [5.41, 5.74) is 5.88. The number of esters is 1. The van der Waals surface area contributed by atoms with Crippen molar-refractivity contribution < 1.29 is 9.53 Å². The van der Waals surface area contributed by atoms with Crippen LogP contribution in [-0.4, -0.2) is 18.2 Å². The average molecular weight is 405 g/mol. The second-order valence-electron chi connectivity index (χ2n) is 6.87. The monoisotopic (exact) mass is 404 g/mol. The Morgan fingerprint density at radius 3 is 2.41 bits per heavy atom. The zero-order chi connectivity index (χ0) is 20.8. The smallest absolute Gasteiger partial charge is 0.337 e. The number of aryl methyl sites for hydroxylation is 2. The van der Waals surface area contributed by atoms with E-state index in [2.05, 4.69) is 54.8 Å². The van der Waals surface area contributed by atoms with Crippen molar-refractivity contribution in [3.8, 4) is 0 Å². The number of ether oxygens (including phenoxy) is 1. The van der Waals surface area contributed by atoms with Crippen molar-refractivity contribution >= 4 is 29.0 Å². The SMILES string of the molecule is COC(=O)c1cccc(NC(=S)N[C@H](c2ccccc2)c2ccc(C)cc2C)c1. The van der Waals surface area contributed by atoms with Crippen LogP contribution in [0.3, 0.4) is 0 Å². The zero-order valence-electron chi connectivity index (χ0n) is 16.7. The number of carbonyl (C=O) groups is 1. The summed E-state index contributed by atoms with van der Waals surface area (Å²) in [5, 5.41) is 7.07. The quantitative estimate of drug-likeness (QED) is 0.454. The molecule has 0 aromatic heterocycles. The number of hydrogen-bond acceptors (Lipinski definition) is 3. The van der Waals surface area contributed by atoms with Gasteiger partial charge in [-0.15, -0.1) is 0 Å². The second-order valence-corrected chi connectivity index (χ2v) is 7.28. The Balaban J connectivity index is 1.85. The van der Waals surface area contributed by atoms with Gasteiger partial charge < -0.3 is 15.4 Å². The van der Waals surface area contributed by atoms with Crippen LogP contribution in [0, 0.1) is 13.8 Å². The summed E-state index contributed by atoms with van der Waals surface area (Å²) in [6.45, 7) is 4.19. The van der Waals surface area contributed by atoms with Crippen LogP contribution < -0.4 is 10.6 Å². The van der Waals surface area contributed by atoms with Crippen LogP contribution in [0.5, 0.6) is 0 Å². The highest BCUT2D eigenvalue weighted by molar-refractivity contribution is 7.80. The van der Waals surface area contributed by atoms with E-state index in [1.807, 2.05) is 24.3 Å². The van der Waals surface area contributed by atoms with Crippen LogP contribution in [0.25, 0.3) is 0 Å². The highest BCUT2D eigenvalue weighted by atomic mass is 32.1.